The summed E-state index contributed by atoms with van der Waals surface area (Å²) in [5.41, 5.74) is 6.93. The van der Waals surface area contributed by atoms with Gasteiger partial charge in [0.05, 0.1) is 0 Å². The summed E-state index contributed by atoms with van der Waals surface area (Å²) in [4.78, 5) is 11.5. The number of carboxylic acids is 1. The summed E-state index contributed by atoms with van der Waals surface area (Å²) in [6.07, 6.45) is 0. The highest BCUT2D eigenvalue weighted by atomic mass is 16.4. The molecule has 96 valence electrons. The van der Waals surface area contributed by atoms with Gasteiger partial charge in [0.25, 0.3) is 0 Å². The summed E-state index contributed by atoms with van der Waals surface area (Å²) in [6, 6.07) is 19.3. The van der Waals surface area contributed by atoms with Crippen LogP contribution in [0.15, 0.2) is 60.7 Å². The first kappa shape index (κ1) is 11.9. The minimum atomic E-state index is -1.19. The number of rotatable bonds is 3. The average Bonchev–Trinajstić information content (AvgIpc) is 3.09. The molecule has 0 saturated heterocycles. The fraction of sp³-hybridized carbons (Fsp3) is 0.188. The molecule has 0 bridgehead atoms. The van der Waals surface area contributed by atoms with E-state index in [1.54, 1.807) is 0 Å². The topological polar surface area (TPSA) is 63.3 Å². The van der Waals surface area contributed by atoms with Crippen LogP contribution in [0, 0.1) is 0 Å². The summed E-state index contributed by atoms with van der Waals surface area (Å²) in [7, 11) is 0. The summed E-state index contributed by atoms with van der Waals surface area (Å²) >= 11 is 0. The lowest BCUT2D eigenvalue weighted by Gasteiger charge is -2.05. The van der Waals surface area contributed by atoms with Crippen molar-refractivity contribution in [2.75, 3.05) is 0 Å². The molecular weight excluding hydrogens is 238 g/mol. The number of carboxylic acid groups (broad SMARTS) is 1. The third kappa shape index (κ3) is 1.74. The molecular formula is C16H15NO2. The second-order valence-electron chi connectivity index (χ2n) is 5.01. The van der Waals surface area contributed by atoms with Crippen LogP contribution in [0.3, 0.4) is 0 Å². The molecule has 2 atom stereocenters. The molecule has 0 unspecified atom stereocenters. The smallest absolute Gasteiger partial charge is 0.325 e. The van der Waals surface area contributed by atoms with E-state index in [0.717, 1.165) is 11.1 Å². The first-order valence-corrected chi connectivity index (χ1v) is 6.28. The van der Waals surface area contributed by atoms with Gasteiger partial charge in [-0.15, -0.1) is 0 Å². The van der Waals surface area contributed by atoms with Crippen molar-refractivity contribution in [3.8, 4) is 0 Å². The first-order valence-electron chi connectivity index (χ1n) is 6.28. The Hall–Kier alpha value is -2.13. The predicted octanol–water partition coefficient (Wildman–Crippen LogP) is 2.35. The standard InChI is InChI=1S/C16H15NO2/c17-16(15(18)19)13(11-7-3-1-4-8-11)14(16)12-9-5-2-6-10-12/h1-10,13-14H,17H2,(H,18,19)/t13-,14-/m1/s1. The van der Waals surface area contributed by atoms with Crippen molar-refractivity contribution in [3.05, 3.63) is 71.8 Å². The van der Waals surface area contributed by atoms with Crippen molar-refractivity contribution in [2.45, 2.75) is 17.4 Å². The van der Waals surface area contributed by atoms with Crippen molar-refractivity contribution in [1.29, 1.82) is 0 Å². The zero-order chi connectivity index (χ0) is 13.5. The van der Waals surface area contributed by atoms with E-state index in [4.69, 9.17) is 5.73 Å². The Balaban J connectivity index is 2.03. The van der Waals surface area contributed by atoms with Gasteiger partial charge in [0.2, 0.25) is 0 Å². The molecule has 19 heavy (non-hydrogen) atoms. The largest absolute Gasteiger partial charge is 0.480 e. The predicted molar refractivity (Wildman–Crippen MR) is 72.9 cm³/mol. The summed E-state index contributed by atoms with van der Waals surface area (Å²) in [6.45, 7) is 0. The average molecular weight is 253 g/mol. The number of hydrogen-bond donors (Lipinski definition) is 2. The minimum absolute atomic E-state index is 0.159. The molecule has 3 N–H and O–H groups in total. The van der Waals surface area contributed by atoms with Crippen LogP contribution in [0.25, 0.3) is 0 Å². The van der Waals surface area contributed by atoms with Gasteiger partial charge in [-0.25, -0.2) is 0 Å². The lowest BCUT2D eigenvalue weighted by atomic mass is 10.0. The van der Waals surface area contributed by atoms with Crippen LogP contribution in [-0.4, -0.2) is 16.6 Å². The van der Waals surface area contributed by atoms with Gasteiger partial charge >= 0.3 is 5.97 Å². The minimum Gasteiger partial charge on any atom is -0.480 e. The van der Waals surface area contributed by atoms with E-state index in [0.29, 0.717) is 0 Å². The van der Waals surface area contributed by atoms with Gasteiger partial charge in [0.1, 0.15) is 5.54 Å². The van der Waals surface area contributed by atoms with Gasteiger partial charge in [-0.3, -0.25) is 4.79 Å². The Morgan fingerprint density at radius 2 is 1.26 bits per heavy atom. The maximum Gasteiger partial charge on any atom is 0.325 e. The lowest BCUT2D eigenvalue weighted by molar-refractivity contribution is -0.139. The van der Waals surface area contributed by atoms with Crippen LogP contribution >= 0.6 is 0 Å². The van der Waals surface area contributed by atoms with Crippen LogP contribution in [0.4, 0.5) is 0 Å². The van der Waals surface area contributed by atoms with Crippen LogP contribution < -0.4 is 5.73 Å². The third-order valence-electron chi connectivity index (χ3n) is 3.94. The van der Waals surface area contributed by atoms with Crippen molar-refractivity contribution in [1.82, 2.24) is 0 Å². The highest BCUT2D eigenvalue weighted by molar-refractivity contribution is 5.88. The molecule has 3 rings (SSSR count). The van der Waals surface area contributed by atoms with Gasteiger partial charge in [-0.2, -0.15) is 0 Å². The molecule has 3 heteroatoms. The molecule has 2 aromatic carbocycles. The second kappa shape index (κ2) is 4.21. The Labute approximate surface area is 111 Å². The third-order valence-corrected chi connectivity index (χ3v) is 3.94. The molecule has 0 radical (unpaired) electrons. The van der Waals surface area contributed by atoms with Crippen LogP contribution in [-0.2, 0) is 4.79 Å². The van der Waals surface area contributed by atoms with Gasteiger partial charge in [0, 0.05) is 11.8 Å². The number of nitrogens with two attached hydrogens (primary N) is 1. The number of benzene rings is 2. The summed E-state index contributed by atoms with van der Waals surface area (Å²) in [5.74, 6) is -1.25. The van der Waals surface area contributed by atoms with Crippen LogP contribution in [0.1, 0.15) is 23.0 Å². The highest BCUT2D eigenvalue weighted by Gasteiger charge is 2.68. The van der Waals surface area contributed by atoms with E-state index in [1.807, 2.05) is 60.7 Å². The molecule has 3 nitrogen and oxygen atoms in total. The first-order chi connectivity index (χ1) is 9.15. The summed E-state index contributed by atoms with van der Waals surface area (Å²) < 4.78 is 0. The fourth-order valence-electron chi connectivity index (χ4n) is 2.93. The monoisotopic (exact) mass is 253 g/mol. The number of aliphatic carboxylic acids is 1. The van der Waals surface area contributed by atoms with E-state index in [1.165, 1.54) is 0 Å². The zero-order valence-corrected chi connectivity index (χ0v) is 10.4. The maximum absolute atomic E-state index is 11.5. The molecule has 0 heterocycles. The van der Waals surface area contributed by atoms with Gasteiger partial charge in [-0.1, -0.05) is 60.7 Å². The van der Waals surface area contributed by atoms with Crippen molar-refractivity contribution in [2.24, 2.45) is 5.73 Å². The van der Waals surface area contributed by atoms with E-state index >= 15 is 0 Å². The normalized spacial score (nSPS) is 28.9. The maximum atomic E-state index is 11.5. The quantitative estimate of drug-likeness (QED) is 0.882. The van der Waals surface area contributed by atoms with Crippen LogP contribution in [0.2, 0.25) is 0 Å². The Bertz CT molecular complexity index is 549. The van der Waals surface area contributed by atoms with Crippen molar-refractivity contribution < 1.29 is 9.90 Å². The fourth-order valence-corrected chi connectivity index (χ4v) is 2.93. The van der Waals surface area contributed by atoms with E-state index < -0.39 is 11.5 Å². The summed E-state index contributed by atoms with van der Waals surface area (Å²) in [5, 5.41) is 9.45. The lowest BCUT2D eigenvalue weighted by Crippen LogP contribution is -2.36. The molecule has 0 aliphatic heterocycles. The molecule has 1 saturated carbocycles. The van der Waals surface area contributed by atoms with E-state index in [9.17, 15) is 9.90 Å². The molecule has 1 aliphatic carbocycles. The molecule has 2 aromatic rings. The Morgan fingerprint density at radius 3 is 1.58 bits per heavy atom. The number of carbonyl (C=O) groups is 1. The Morgan fingerprint density at radius 1 is 0.895 bits per heavy atom. The highest BCUT2D eigenvalue weighted by Crippen LogP contribution is 2.62. The zero-order valence-electron chi connectivity index (χ0n) is 10.4. The Kier molecular flexibility index (Phi) is 2.64. The van der Waals surface area contributed by atoms with Gasteiger partial charge in [-0.05, 0) is 11.1 Å². The molecule has 1 aliphatic rings. The number of hydrogen-bond acceptors (Lipinski definition) is 2. The van der Waals surface area contributed by atoms with E-state index in [2.05, 4.69) is 0 Å². The molecule has 0 aromatic heterocycles. The van der Waals surface area contributed by atoms with Gasteiger partial charge in [0.15, 0.2) is 0 Å². The van der Waals surface area contributed by atoms with Crippen molar-refractivity contribution >= 4 is 5.97 Å². The SMILES string of the molecule is NC1(C(=O)O)[C@H](c2ccccc2)[C@H]1c1ccccc1. The second-order valence-corrected chi connectivity index (χ2v) is 5.01. The van der Waals surface area contributed by atoms with E-state index in [-0.39, 0.29) is 11.8 Å². The molecule has 1 fully saturated rings. The van der Waals surface area contributed by atoms with Crippen molar-refractivity contribution in [3.63, 3.8) is 0 Å². The van der Waals surface area contributed by atoms with Crippen LogP contribution in [0.5, 0.6) is 0 Å². The molecule has 0 amide bonds. The van der Waals surface area contributed by atoms with Gasteiger partial charge < -0.3 is 10.8 Å². The molecule has 0 spiro atoms.